The van der Waals surface area contributed by atoms with E-state index in [1.54, 1.807) is 18.5 Å². The summed E-state index contributed by atoms with van der Waals surface area (Å²) in [4.78, 5) is 17.2. The van der Waals surface area contributed by atoms with Crippen molar-refractivity contribution in [2.45, 2.75) is 34.3 Å². The summed E-state index contributed by atoms with van der Waals surface area (Å²) in [7, 11) is 0. The zero-order valence-corrected chi connectivity index (χ0v) is 20.3. The van der Waals surface area contributed by atoms with Crippen molar-refractivity contribution in [1.82, 2.24) is 20.0 Å². The van der Waals surface area contributed by atoms with Crippen molar-refractivity contribution in [2.24, 2.45) is 0 Å². The molecule has 2 aromatic carbocycles. The Balaban J connectivity index is 1.50. The average molecular weight is 511 g/mol. The number of carbonyl (C=O) groups is 1. The van der Waals surface area contributed by atoms with Crippen LogP contribution in [0.4, 0.5) is 0 Å². The van der Waals surface area contributed by atoms with Crippen LogP contribution in [-0.2, 0) is 11.3 Å². The molecule has 33 heavy (non-hydrogen) atoms. The highest BCUT2D eigenvalue weighted by atomic mass is 79.9. The second-order valence-electron chi connectivity index (χ2n) is 7.40. The zero-order chi connectivity index (χ0) is 23.5. The van der Waals surface area contributed by atoms with Gasteiger partial charge in [0.15, 0.2) is 5.69 Å². The molecule has 9 heteroatoms. The first-order valence-corrected chi connectivity index (χ1v) is 11.2. The lowest BCUT2D eigenvalue weighted by atomic mass is 10.2. The SMILES string of the molecule is CCOc1ccccc1-c1nc(COC(=O)c2nnn(-c3ccc(Br)c(C)c3)c2C)c(C)o1. The molecule has 0 spiro atoms. The van der Waals surface area contributed by atoms with Crippen LogP contribution < -0.4 is 4.74 Å². The molecule has 8 nitrogen and oxygen atoms in total. The number of ether oxygens (including phenoxy) is 2. The van der Waals surface area contributed by atoms with Crippen LogP contribution in [-0.4, -0.2) is 32.6 Å². The maximum absolute atomic E-state index is 12.7. The van der Waals surface area contributed by atoms with E-state index in [9.17, 15) is 4.79 Å². The molecule has 0 unspecified atom stereocenters. The fourth-order valence-electron chi connectivity index (χ4n) is 3.33. The molecule has 4 rings (SSSR count). The molecule has 0 radical (unpaired) electrons. The van der Waals surface area contributed by atoms with Crippen LogP contribution in [0.1, 0.15) is 40.1 Å². The van der Waals surface area contributed by atoms with Gasteiger partial charge >= 0.3 is 5.97 Å². The van der Waals surface area contributed by atoms with Crippen LogP contribution in [0.15, 0.2) is 51.4 Å². The minimum absolute atomic E-state index is 0.0470. The number of aryl methyl sites for hydroxylation is 2. The normalized spacial score (nSPS) is 10.9. The van der Waals surface area contributed by atoms with Gasteiger partial charge in [-0.15, -0.1) is 5.10 Å². The Morgan fingerprint density at radius 1 is 1.15 bits per heavy atom. The monoisotopic (exact) mass is 510 g/mol. The molecule has 0 fully saturated rings. The molecule has 0 aliphatic carbocycles. The smallest absolute Gasteiger partial charge is 0.361 e. The van der Waals surface area contributed by atoms with Gasteiger partial charge in [-0.1, -0.05) is 33.3 Å². The lowest BCUT2D eigenvalue weighted by Gasteiger charge is -2.06. The number of carbonyl (C=O) groups excluding carboxylic acids is 1. The quantitative estimate of drug-likeness (QED) is 0.308. The third kappa shape index (κ3) is 4.68. The number of esters is 1. The number of para-hydroxylation sites is 1. The molecule has 0 bridgehead atoms. The first-order valence-electron chi connectivity index (χ1n) is 10.4. The third-order valence-electron chi connectivity index (χ3n) is 5.12. The topological polar surface area (TPSA) is 92.3 Å². The van der Waals surface area contributed by atoms with E-state index in [2.05, 4.69) is 31.2 Å². The molecule has 0 saturated heterocycles. The van der Waals surface area contributed by atoms with E-state index in [4.69, 9.17) is 13.9 Å². The van der Waals surface area contributed by atoms with Crippen LogP contribution >= 0.6 is 15.9 Å². The van der Waals surface area contributed by atoms with Crippen molar-refractivity contribution in [2.75, 3.05) is 6.61 Å². The fourth-order valence-corrected chi connectivity index (χ4v) is 3.57. The number of halogens is 1. The van der Waals surface area contributed by atoms with Crippen molar-refractivity contribution in [1.29, 1.82) is 0 Å². The summed E-state index contributed by atoms with van der Waals surface area (Å²) in [5.41, 5.74) is 3.87. The fraction of sp³-hybridized carbons (Fsp3) is 0.250. The van der Waals surface area contributed by atoms with Gasteiger partial charge in [-0.25, -0.2) is 14.5 Å². The van der Waals surface area contributed by atoms with E-state index in [0.717, 1.165) is 21.3 Å². The van der Waals surface area contributed by atoms with Crippen molar-refractivity contribution in [3.05, 3.63) is 75.3 Å². The van der Waals surface area contributed by atoms with Crippen LogP contribution in [0.25, 0.3) is 17.1 Å². The van der Waals surface area contributed by atoms with Gasteiger partial charge in [0.1, 0.15) is 23.8 Å². The number of benzene rings is 2. The Bertz CT molecular complexity index is 1310. The Hall–Kier alpha value is -3.46. The molecule has 0 N–H and O–H groups in total. The van der Waals surface area contributed by atoms with E-state index in [1.807, 2.05) is 56.3 Å². The van der Waals surface area contributed by atoms with Gasteiger partial charge in [0.05, 0.1) is 23.6 Å². The highest BCUT2D eigenvalue weighted by Gasteiger charge is 2.21. The lowest BCUT2D eigenvalue weighted by molar-refractivity contribution is 0.0459. The summed E-state index contributed by atoms with van der Waals surface area (Å²) < 4.78 is 19.6. The van der Waals surface area contributed by atoms with E-state index < -0.39 is 5.97 Å². The first kappa shape index (κ1) is 22.7. The standard InChI is InChI=1S/C24H23BrN4O4/c1-5-31-21-9-7-6-8-18(21)23-26-20(16(4)33-23)13-32-24(30)22-15(3)29(28-27-22)17-10-11-19(25)14(2)12-17/h6-12H,5,13H2,1-4H3. The zero-order valence-electron chi connectivity index (χ0n) is 18.8. The largest absolute Gasteiger partial charge is 0.493 e. The summed E-state index contributed by atoms with van der Waals surface area (Å²) >= 11 is 3.49. The highest BCUT2D eigenvalue weighted by molar-refractivity contribution is 9.10. The lowest BCUT2D eigenvalue weighted by Crippen LogP contribution is -2.09. The van der Waals surface area contributed by atoms with Crippen molar-refractivity contribution in [3.8, 4) is 22.9 Å². The van der Waals surface area contributed by atoms with Gasteiger partial charge in [-0.2, -0.15) is 0 Å². The average Bonchev–Trinajstić information content (AvgIpc) is 3.37. The molecule has 2 aromatic heterocycles. The van der Waals surface area contributed by atoms with Gasteiger partial charge in [-0.05, 0) is 63.6 Å². The molecule has 0 atom stereocenters. The number of rotatable bonds is 7. The predicted molar refractivity (Wildman–Crippen MR) is 125 cm³/mol. The third-order valence-corrected chi connectivity index (χ3v) is 6.01. The molecular formula is C24H23BrN4O4. The second-order valence-corrected chi connectivity index (χ2v) is 8.25. The predicted octanol–water partition coefficient (Wildman–Crippen LogP) is 5.37. The van der Waals surface area contributed by atoms with Crippen molar-refractivity contribution in [3.63, 3.8) is 0 Å². The second kappa shape index (κ2) is 9.58. The molecule has 0 amide bonds. The van der Waals surface area contributed by atoms with Crippen LogP contribution in [0.3, 0.4) is 0 Å². The number of oxazole rings is 1. The number of aromatic nitrogens is 4. The minimum Gasteiger partial charge on any atom is -0.493 e. The van der Waals surface area contributed by atoms with E-state index in [0.29, 0.717) is 35.4 Å². The van der Waals surface area contributed by atoms with Gasteiger partial charge in [0, 0.05) is 4.47 Å². The molecule has 0 aliphatic heterocycles. The summed E-state index contributed by atoms with van der Waals surface area (Å²) in [6.07, 6.45) is 0. The maximum atomic E-state index is 12.7. The van der Waals surface area contributed by atoms with E-state index >= 15 is 0 Å². The Morgan fingerprint density at radius 2 is 1.94 bits per heavy atom. The van der Waals surface area contributed by atoms with Gasteiger partial charge in [0.2, 0.25) is 5.89 Å². The summed E-state index contributed by atoms with van der Waals surface area (Å²) in [5.74, 6) is 1.08. The molecule has 0 aliphatic rings. The molecule has 0 saturated carbocycles. The number of hydrogen-bond acceptors (Lipinski definition) is 7. The Morgan fingerprint density at radius 3 is 2.70 bits per heavy atom. The van der Waals surface area contributed by atoms with Gasteiger partial charge in [0.25, 0.3) is 0 Å². The molecule has 2 heterocycles. The van der Waals surface area contributed by atoms with Crippen molar-refractivity contribution < 1.29 is 18.7 Å². The number of hydrogen-bond donors (Lipinski definition) is 0. The van der Waals surface area contributed by atoms with Crippen molar-refractivity contribution >= 4 is 21.9 Å². The molecule has 4 aromatic rings. The highest BCUT2D eigenvalue weighted by Crippen LogP contribution is 2.31. The van der Waals surface area contributed by atoms with Crippen LogP contribution in [0.2, 0.25) is 0 Å². The molecular weight excluding hydrogens is 488 g/mol. The van der Waals surface area contributed by atoms with Gasteiger partial charge in [-0.3, -0.25) is 0 Å². The summed E-state index contributed by atoms with van der Waals surface area (Å²) in [6.45, 7) is 7.93. The minimum atomic E-state index is -0.578. The molecule has 170 valence electrons. The van der Waals surface area contributed by atoms with Gasteiger partial charge < -0.3 is 13.9 Å². The maximum Gasteiger partial charge on any atom is 0.361 e. The first-order chi connectivity index (χ1) is 15.9. The van der Waals surface area contributed by atoms with Crippen LogP contribution in [0, 0.1) is 20.8 Å². The van der Waals surface area contributed by atoms with E-state index in [-0.39, 0.29) is 12.3 Å². The summed E-state index contributed by atoms with van der Waals surface area (Å²) in [6, 6.07) is 13.3. The van der Waals surface area contributed by atoms with Crippen LogP contribution in [0.5, 0.6) is 5.75 Å². The Kier molecular flexibility index (Phi) is 6.60. The Labute approximate surface area is 199 Å². The van der Waals surface area contributed by atoms with E-state index in [1.165, 1.54) is 0 Å². The summed E-state index contributed by atoms with van der Waals surface area (Å²) in [5, 5.41) is 8.15. The number of nitrogens with zero attached hydrogens (tertiary/aromatic N) is 4.